The van der Waals surface area contributed by atoms with Crippen molar-refractivity contribution in [2.24, 2.45) is 5.73 Å². The molecule has 17 heavy (non-hydrogen) atoms. The van der Waals surface area contributed by atoms with E-state index in [0.29, 0.717) is 18.6 Å². The van der Waals surface area contributed by atoms with Gasteiger partial charge in [-0.15, -0.1) is 0 Å². The van der Waals surface area contributed by atoms with Crippen LogP contribution in [0, 0.1) is 0 Å². The first-order valence-corrected chi connectivity index (χ1v) is 6.80. The quantitative estimate of drug-likeness (QED) is 0.738. The van der Waals surface area contributed by atoms with Crippen molar-refractivity contribution in [2.45, 2.75) is 51.8 Å². The molecule has 1 saturated heterocycles. The molecule has 4 nitrogen and oxygen atoms in total. The van der Waals surface area contributed by atoms with Crippen LogP contribution in [-0.2, 0) is 0 Å². The summed E-state index contributed by atoms with van der Waals surface area (Å²) in [7, 11) is 0. The largest absolute Gasteiger partial charge is 0.389 e. The van der Waals surface area contributed by atoms with Crippen LogP contribution in [-0.4, -0.2) is 65.3 Å². The fraction of sp³-hybridized carbons (Fsp3) is 1.00. The lowest BCUT2D eigenvalue weighted by molar-refractivity contribution is 0.00549. The highest BCUT2D eigenvalue weighted by Crippen LogP contribution is 2.18. The topological polar surface area (TPSA) is 52.7 Å². The van der Waals surface area contributed by atoms with Crippen LogP contribution in [0.5, 0.6) is 0 Å². The Balaban J connectivity index is 2.46. The lowest BCUT2D eigenvalue weighted by Crippen LogP contribution is -2.55. The highest BCUT2D eigenvalue weighted by Gasteiger charge is 2.29. The molecular weight excluding hydrogens is 214 g/mol. The van der Waals surface area contributed by atoms with E-state index in [9.17, 15) is 5.11 Å². The number of piperazine rings is 1. The number of nitrogens with zero attached hydrogens (tertiary/aromatic N) is 2. The van der Waals surface area contributed by atoms with Gasteiger partial charge in [0.2, 0.25) is 0 Å². The third-order valence-corrected chi connectivity index (χ3v) is 4.00. The Morgan fingerprint density at radius 2 is 2.12 bits per heavy atom. The highest BCUT2D eigenvalue weighted by molar-refractivity contribution is 4.85. The third kappa shape index (κ3) is 4.21. The Labute approximate surface area is 106 Å². The van der Waals surface area contributed by atoms with E-state index in [4.69, 9.17) is 5.73 Å². The summed E-state index contributed by atoms with van der Waals surface area (Å²) < 4.78 is 0. The fourth-order valence-corrected chi connectivity index (χ4v) is 2.74. The van der Waals surface area contributed by atoms with Crippen LogP contribution in [0.1, 0.15) is 34.1 Å². The molecule has 0 spiro atoms. The van der Waals surface area contributed by atoms with Gasteiger partial charge < -0.3 is 10.8 Å². The highest BCUT2D eigenvalue weighted by atomic mass is 16.3. The van der Waals surface area contributed by atoms with Crippen LogP contribution in [0.3, 0.4) is 0 Å². The van der Waals surface area contributed by atoms with Crippen molar-refractivity contribution in [1.82, 2.24) is 9.80 Å². The second-order valence-electron chi connectivity index (χ2n) is 5.73. The molecule has 0 saturated carbocycles. The molecule has 1 aliphatic rings. The molecule has 3 N–H and O–H groups in total. The average molecular weight is 243 g/mol. The standard InChI is InChI=1S/C13H29N3O/c1-5-15-6-7-16(9-12(15)3)11(2)8-13(4,17)10-14/h11-12,17H,5-10,14H2,1-4H3. The molecule has 102 valence electrons. The van der Waals surface area contributed by atoms with Crippen LogP contribution in [0.15, 0.2) is 0 Å². The van der Waals surface area contributed by atoms with Crippen molar-refractivity contribution in [3.05, 3.63) is 0 Å². The van der Waals surface area contributed by atoms with Gasteiger partial charge in [-0.1, -0.05) is 6.92 Å². The second kappa shape index (κ2) is 6.14. The summed E-state index contributed by atoms with van der Waals surface area (Å²) in [5.74, 6) is 0. The van der Waals surface area contributed by atoms with Gasteiger partial charge in [0.25, 0.3) is 0 Å². The number of nitrogens with two attached hydrogens (primary N) is 1. The van der Waals surface area contributed by atoms with Gasteiger partial charge in [0.15, 0.2) is 0 Å². The summed E-state index contributed by atoms with van der Waals surface area (Å²) in [4.78, 5) is 4.98. The normalized spacial score (nSPS) is 28.9. The van der Waals surface area contributed by atoms with E-state index >= 15 is 0 Å². The SMILES string of the molecule is CCN1CCN(C(C)CC(C)(O)CN)CC1C. The van der Waals surface area contributed by atoms with Crippen molar-refractivity contribution in [3.8, 4) is 0 Å². The number of hydrogen-bond donors (Lipinski definition) is 2. The minimum absolute atomic E-state index is 0.335. The summed E-state index contributed by atoms with van der Waals surface area (Å²) in [5.41, 5.74) is 4.85. The first-order chi connectivity index (χ1) is 7.89. The maximum Gasteiger partial charge on any atom is 0.0756 e. The Hall–Kier alpha value is -0.160. The maximum atomic E-state index is 10.0. The molecular formula is C13H29N3O. The van der Waals surface area contributed by atoms with Crippen LogP contribution < -0.4 is 5.73 Å². The predicted molar refractivity (Wildman–Crippen MR) is 72.0 cm³/mol. The van der Waals surface area contributed by atoms with E-state index in [1.165, 1.54) is 0 Å². The summed E-state index contributed by atoms with van der Waals surface area (Å²) in [5, 5.41) is 10.0. The van der Waals surface area contributed by atoms with Crippen molar-refractivity contribution in [3.63, 3.8) is 0 Å². The fourth-order valence-electron chi connectivity index (χ4n) is 2.74. The summed E-state index contributed by atoms with van der Waals surface area (Å²) in [6.07, 6.45) is 0.752. The van der Waals surface area contributed by atoms with Crippen LogP contribution >= 0.6 is 0 Å². The van der Waals surface area contributed by atoms with E-state index < -0.39 is 5.60 Å². The van der Waals surface area contributed by atoms with E-state index in [2.05, 4.69) is 30.6 Å². The second-order valence-corrected chi connectivity index (χ2v) is 5.73. The Bertz CT molecular complexity index is 233. The minimum Gasteiger partial charge on any atom is -0.389 e. The molecule has 0 radical (unpaired) electrons. The lowest BCUT2D eigenvalue weighted by atomic mass is 9.96. The number of aliphatic hydroxyl groups is 1. The Kier molecular flexibility index (Phi) is 5.38. The van der Waals surface area contributed by atoms with Gasteiger partial charge in [-0.05, 0) is 33.7 Å². The van der Waals surface area contributed by atoms with E-state index in [1.807, 2.05) is 6.92 Å². The molecule has 1 aliphatic heterocycles. The van der Waals surface area contributed by atoms with Crippen molar-refractivity contribution in [2.75, 3.05) is 32.7 Å². The smallest absolute Gasteiger partial charge is 0.0756 e. The molecule has 0 bridgehead atoms. The monoisotopic (exact) mass is 243 g/mol. The summed E-state index contributed by atoms with van der Waals surface area (Å²) in [6.45, 7) is 13.3. The zero-order valence-corrected chi connectivity index (χ0v) is 11.8. The van der Waals surface area contributed by atoms with E-state index in [0.717, 1.165) is 32.6 Å². The van der Waals surface area contributed by atoms with E-state index in [1.54, 1.807) is 0 Å². The summed E-state index contributed by atoms with van der Waals surface area (Å²) in [6, 6.07) is 1.01. The van der Waals surface area contributed by atoms with Crippen molar-refractivity contribution < 1.29 is 5.11 Å². The molecule has 0 aliphatic carbocycles. The first-order valence-electron chi connectivity index (χ1n) is 6.80. The van der Waals surface area contributed by atoms with Gasteiger partial charge in [-0.2, -0.15) is 0 Å². The molecule has 1 fully saturated rings. The number of likely N-dealkylation sites (N-methyl/N-ethyl adjacent to an activating group) is 1. The Morgan fingerprint density at radius 1 is 1.47 bits per heavy atom. The molecule has 1 rings (SSSR count). The number of rotatable bonds is 5. The maximum absolute atomic E-state index is 10.0. The van der Waals surface area contributed by atoms with Gasteiger partial charge in [0.05, 0.1) is 5.60 Å². The molecule has 0 amide bonds. The first kappa shape index (κ1) is 14.9. The van der Waals surface area contributed by atoms with Crippen molar-refractivity contribution >= 4 is 0 Å². The zero-order valence-electron chi connectivity index (χ0n) is 11.8. The third-order valence-electron chi connectivity index (χ3n) is 4.00. The molecule has 3 atom stereocenters. The van der Waals surface area contributed by atoms with Gasteiger partial charge in [-0.25, -0.2) is 0 Å². The summed E-state index contributed by atoms with van der Waals surface area (Å²) >= 11 is 0. The van der Waals surface area contributed by atoms with E-state index in [-0.39, 0.29) is 0 Å². The zero-order chi connectivity index (χ0) is 13.1. The minimum atomic E-state index is -0.732. The molecule has 0 aromatic rings. The van der Waals surface area contributed by atoms with Crippen LogP contribution in [0.2, 0.25) is 0 Å². The van der Waals surface area contributed by atoms with Crippen LogP contribution in [0.25, 0.3) is 0 Å². The molecule has 4 heteroatoms. The van der Waals surface area contributed by atoms with Gasteiger partial charge >= 0.3 is 0 Å². The van der Waals surface area contributed by atoms with Gasteiger partial charge in [0.1, 0.15) is 0 Å². The van der Waals surface area contributed by atoms with Crippen LogP contribution in [0.4, 0.5) is 0 Å². The lowest BCUT2D eigenvalue weighted by Gasteiger charge is -2.43. The van der Waals surface area contributed by atoms with Crippen molar-refractivity contribution in [1.29, 1.82) is 0 Å². The average Bonchev–Trinajstić information content (AvgIpc) is 2.28. The van der Waals surface area contributed by atoms with Gasteiger partial charge in [-0.3, -0.25) is 9.80 Å². The predicted octanol–water partition coefficient (Wildman–Crippen LogP) is 0.501. The van der Waals surface area contributed by atoms with Gasteiger partial charge in [0, 0.05) is 38.3 Å². The molecule has 3 unspecified atom stereocenters. The number of hydrogen-bond acceptors (Lipinski definition) is 4. The molecule has 0 aromatic heterocycles. The molecule has 0 aromatic carbocycles. The Morgan fingerprint density at radius 3 is 2.59 bits per heavy atom. The molecule has 1 heterocycles.